The van der Waals surface area contributed by atoms with E-state index < -0.39 is 11.4 Å². The summed E-state index contributed by atoms with van der Waals surface area (Å²) in [5.41, 5.74) is 8.14. The summed E-state index contributed by atoms with van der Waals surface area (Å²) in [5.74, 6) is -0.00409. The second-order valence-corrected chi connectivity index (χ2v) is 7.84. The highest BCUT2D eigenvalue weighted by Crippen LogP contribution is 2.31. The third-order valence-corrected chi connectivity index (χ3v) is 5.69. The van der Waals surface area contributed by atoms with Crippen LogP contribution in [0.15, 0.2) is 30.7 Å². The van der Waals surface area contributed by atoms with E-state index in [-0.39, 0.29) is 23.0 Å². The molecule has 1 saturated heterocycles. The standard InChI is InChI=1S/C20H22ClFN6O/c1-2-12-8-24-17-16(12)18(27-11-26-17)28-6-5-20(23,10-28)9-25-19(29)14-4-3-13(22)7-15(14)21/h3-4,7-8,11H,2,5-6,9-10,23H2,1H3,(H,25,29)(H,24,26,27)/t20-/m0/s1. The summed E-state index contributed by atoms with van der Waals surface area (Å²) in [6.07, 6.45) is 5.07. The number of aryl methyl sites for hydroxylation is 1. The number of rotatable bonds is 5. The number of nitrogens with two attached hydrogens (primary N) is 1. The molecule has 3 heterocycles. The van der Waals surface area contributed by atoms with Crippen molar-refractivity contribution in [2.75, 3.05) is 24.5 Å². The molecule has 1 fully saturated rings. The average molecular weight is 417 g/mol. The minimum Gasteiger partial charge on any atom is -0.354 e. The van der Waals surface area contributed by atoms with Crippen LogP contribution in [0.1, 0.15) is 29.3 Å². The number of anilines is 1. The van der Waals surface area contributed by atoms with Crippen LogP contribution in [0.3, 0.4) is 0 Å². The minimum absolute atomic E-state index is 0.0737. The summed E-state index contributed by atoms with van der Waals surface area (Å²) in [6, 6.07) is 3.69. The maximum absolute atomic E-state index is 13.2. The molecule has 1 amide bonds. The first kappa shape index (κ1) is 19.6. The lowest BCUT2D eigenvalue weighted by Gasteiger charge is -2.26. The molecule has 9 heteroatoms. The van der Waals surface area contributed by atoms with E-state index in [2.05, 4.69) is 32.1 Å². The fourth-order valence-corrected chi connectivity index (χ4v) is 4.03. The number of benzene rings is 1. The largest absolute Gasteiger partial charge is 0.354 e. The number of aromatic amines is 1. The number of hydrogen-bond donors (Lipinski definition) is 3. The Bertz CT molecular complexity index is 1070. The van der Waals surface area contributed by atoms with Crippen molar-refractivity contribution in [1.29, 1.82) is 0 Å². The summed E-state index contributed by atoms with van der Waals surface area (Å²) in [6.45, 7) is 3.64. The SMILES string of the molecule is CCc1c[nH]c2ncnc(N3CC[C@](N)(CNC(=O)c4ccc(F)cc4Cl)C3)c12. The van der Waals surface area contributed by atoms with Gasteiger partial charge in [-0.15, -0.1) is 0 Å². The van der Waals surface area contributed by atoms with Crippen LogP contribution in [0.5, 0.6) is 0 Å². The molecule has 4 N–H and O–H groups in total. The number of amides is 1. The van der Waals surface area contributed by atoms with Crippen LogP contribution < -0.4 is 16.0 Å². The Morgan fingerprint density at radius 3 is 3.03 bits per heavy atom. The number of hydrogen-bond acceptors (Lipinski definition) is 5. The van der Waals surface area contributed by atoms with E-state index in [4.69, 9.17) is 17.3 Å². The molecule has 1 aliphatic heterocycles. The summed E-state index contributed by atoms with van der Waals surface area (Å²) >= 11 is 5.97. The number of carbonyl (C=O) groups excluding carboxylic acids is 1. The molecule has 29 heavy (non-hydrogen) atoms. The van der Waals surface area contributed by atoms with Gasteiger partial charge in [0.05, 0.1) is 21.5 Å². The molecule has 0 bridgehead atoms. The Kier molecular flexibility index (Phi) is 5.14. The highest BCUT2D eigenvalue weighted by molar-refractivity contribution is 6.33. The number of fused-ring (bicyclic) bond motifs is 1. The first-order chi connectivity index (χ1) is 13.9. The van der Waals surface area contributed by atoms with E-state index in [1.165, 1.54) is 12.1 Å². The van der Waals surface area contributed by atoms with Gasteiger partial charge in [0.15, 0.2) is 0 Å². The van der Waals surface area contributed by atoms with E-state index in [9.17, 15) is 9.18 Å². The topological polar surface area (TPSA) is 99.9 Å². The zero-order valence-electron chi connectivity index (χ0n) is 16.0. The lowest BCUT2D eigenvalue weighted by atomic mass is 10.00. The number of halogens is 2. The minimum atomic E-state index is -0.609. The predicted molar refractivity (Wildman–Crippen MR) is 111 cm³/mol. The van der Waals surface area contributed by atoms with E-state index in [1.54, 1.807) is 6.33 Å². The van der Waals surface area contributed by atoms with E-state index >= 15 is 0 Å². The van der Waals surface area contributed by atoms with Gasteiger partial charge in [-0.3, -0.25) is 4.79 Å². The molecule has 1 aromatic carbocycles. The molecule has 0 unspecified atom stereocenters. The van der Waals surface area contributed by atoms with Gasteiger partial charge < -0.3 is 20.9 Å². The van der Waals surface area contributed by atoms with Crippen molar-refractivity contribution >= 4 is 34.4 Å². The fourth-order valence-electron chi connectivity index (χ4n) is 3.77. The molecule has 3 aromatic rings. The van der Waals surface area contributed by atoms with Crippen molar-refractivity contribution in [2.45, 2.75) is 25.3 Å². The monoisotopic (exact) mass is 416 g/mol. The van der Waals surface area contributed by atoms with Gasteiger partial charge in [0, 0.05) is 25.8 Å². The highest BCUT2D eigenvalue weighted by Gasteiger charge is 2.36. The maximum atomic E-state index is 13.2. The Labute approximate surface area is 172 Å². The Morgan fingerprint density at radius 2 is 2.28 bits per heavy atom. The molecule has 152 valence electrons. The normalized spacial score (nSPS) is 19.1. The van der Waals surface area contributed by atoms with Crippen molar-refractivity contribution in [3.05, 3.63) is 52.7 Å². The smallest absolute Gasteiger partial charge is 0.252 e. The molecular formula is C20H22ClFN6O. The number of nitrogens with zero attached hydrogens (tertiary/aromatic N) is 3. The number of nitrogens with one attached hydrogen (secondary N) is 2. The second-order valence-electron chi connectivity index (χ2n) is 7.43. The molecule has 2 aromatic heterocycles. The van der Waals surface area contributed by atoms with Gasteiger partial charge in [-0.1, -0.05) is 18.5 Å². The van der Waals surface area contributed by atoms with Crippen LogP contribution in [-0.2, 0) is 6.42 Å². The van der Waals surface area contributed by atoms with Crippen LogP contribution in [0, 0.1) is 5.82 Å². The van der Waals surface area contributed by atoms with Crippen molar-refractivity contribution < 1.29 is 9.18 Å². The molecule has 0 aliphatic carbocycles. The van der Waals surface area contributed by atoms with Crippen LogP contribution >= 0.6 is 11.6 Å². The maximum Gasteiger partial charge on any atom is 0.252 e. The lowest BCUT2D eigenvalue weighted by molar-refractivity contribution is 0.0945. The van der Waals surface area contributed by atoms with Crippen molar-refractivity contribution in [2.24, 2.45) is 5.73 Å². The van der Waals surface area contributed by atoms with Gasteiger partial charge in [-0.2, -0.15) is 0 Å². The third kappa shape index (κ3) is 3.77. The second kappa shape index (κ2) is 7.61. The molecular weight excluding hydrogens is 395 g/mol. The Hall–Kier alpha value is -2.71. The van der Waals surface area contributed by atoms with Crippen LogP contribution in [0.4, 0.5) is 10.2 Å². The zero-order valence-corrected chi connectivity index (χ0v) is 16.8. The van der Waals surface area contributed by atoms with Crippen LogP contribution in [0.2, 0.25) is 5.02 Å². The van der Waals surface area contributed by atoms with Crippen molar-refractivity contribution in [3.8, 4) is 0 Å². The summed E-state index contributed by atoms with van der Waals surface area (Å²) in [7, 11) is 0. The molecule has 7 nitrogen and oxygen atoms in total. The van der Waals surface area contributed by atoms with Crippen molar-refractivity contribution in [1.82, 2.24) is 20.3 Å². The number of carbonyl (C=O) groups is 1. The molecule has 1 atom stereocenters. The highest BCUT2D eigenvalue weighted by atomic mass is 35.5. The van der Waals surface area contributed by atoms with Crippen LogP contribution in [0.25, 0.3) is 11.0 Å². The van der Waals surface area contributed by atoms with Gasteiger partial charge >= 0.3 is 0 Å². The van der Waals surface area contributed by atoms with E-state index in [0.717, 1.165) is 41.4 Å². The molecule has 0 spiro atoms. The van der Waals surface area contributed by atoms with Gasteiger partial charge in [-0.05, 0) is 36.6 Å². The van der Waals surface area contributed by atoms with Gasteiger partial charge in [0.25, 0.3) is 5.91 Å². The summed E-state index contributed by atoms with van der Waals surface area (Å²) in [5, 5.41) is 3.92. The first-order valence-corrected chi connectivity index (χ1v) is 9.86. The number of aromatic nitrogens is 3. The molecule has 4 rings (SSSR count). The molecule has 0 saturated carbocycles. The predicted octanol–water partition coefficient (Wildman–Crippen LogP) is 2.65. The number of H-pyrrole nitrogens is 1. The average Bonchev–Trinajstić information content (AvgIpc) is 3.30. The van der Waals surface area contributed by atoms with Gasteiger partial charge in [0.1, 0.15) is 23.6 Å². The quantitative estimate of drug-likeness (QED) is 0.593. The fraction of sp³-hybridized carbons (Fsp3) is 0.350. The first-order valence-electron chi connectivity index (χ1n) is 9.48. The van der Waals surface area contributed by atoms with Crippen molar-refractivity contribution in [3.63, 3.8) is 0 Å². The Balaban J connectivity index is 1.48. The molecule has 0 radical (unpaired) electrons. The van der Waals surface area contributed by atoms with E-state index in [0.29, 0.717) is 13.0 Å². The Morgan fingerprint density at radius 1 is 1.45 bits per heavy atom. The summed E-state index contributed by atoms with van der Waals surface area (Å²) < 4.78 is 13.2. The van der Waals surface area contributed by atoms with E-state index in [1.807, 2.05) is 6.20 Å². The van der Waals surface area contributed by atoms with Gasteiger partial charge in [0.2, 0.25) is 0 Å². The lowest BCUT2D eigenvalue weighted by Crippen LogP contribution is -2.52. The molecule has 1 aliphatic rings. The third-order valence-electron chi connectivity index (χ3n) is 5.37. The zero-order chi connectivity index (χ0) is 20.6. The van der Waals surface area contributed by atoms with Crippen LogP contribution in [-0.4, -0.2) is 46.0 Å². The summed E-state index contributed by atoms with van der Waals surface area (Å²) in [4.78, 5) is 26.6. The van der Waals surface area contributed by atoms with Gasteiger partial charge in [-0.25, -0.2) is 14.4 Å².